The summed E-state index contributed by atoms with van der Waals surface area (Å²) >= 11 is 0. The number of aliphatic hydroxyl groups excluding tert-OH is 1. The third kappa shape index (κ3) is 5.65. The van der Waals surface area contributed by atoms with E-state index < -0.39 is 10.0 Å². The van der Waals surface area contributed by atoms with E-state index in [0.717, 1.165) is 45.2 Å². The molecule has 5 nitrogen and oxygen atoms in total. The van der Waals surface area contributed by atoms with Gasteiger partial charge in [-0.3, -0.25) is 0 Å². The highest BCUT2D eigenvalue weighted by Crippen LogP contribution is 2.14. The van der Waals surface area contributed by atoms with E-state index in [1.54, 1.807) is 7.05 Å². The molecule has 18 heavy (non-hydrogen) atoms. The second-order valence-corrected chi connectivity index (χ2v) is 7.22. The predicted molar refractivity (Wildman–Crippen MR) is 72.9 cm³/mol. The Bertz CT molecular complexity index is 313. The Balaban J connectivity index is 2.31. The number of piperidine rings is 1. The lowest BCUT2D eigenvalue weighted by molar-refractivity contribution is 0.281. The molecule has 0 saturated carbocycles. The Morgan fingerprint density at radius 3 is 2.72 bits per heavy atom. The summed E-state index contributed by atoms with van der Waals surface area (Å²) in [4.78, 5) is 0. The number of unbranched alkanes of at least 4 members (excludes halogenated alkanes) is 2. The minimum Gasteiger partial charge on any atom is -0.396 e. The first-order chi connectivity index (χ1) is 8.56. The molecule has 1 aliphatic rings. The van der Waals surface area contributed by atoms with Gasteiger partial charge in [0.05, 0.1) is 5.75 Å². The van der Waals surface area contributed by atoms with Gasteiger partial charge < -0.3 is 10.4 Å². The molecule has 0 aromatic heterocycles. The molecule has 0 aromatic carbocycles. The standard InChI is InChI=1S/C12H26N2O3S/c1-14(8-3-2-4-9-15)18(16,17)11-12-6-5-7-13-10-12/h12-13,15H,2-11H2,1H3. The highest BCUT2D eigenvalue weighted by atomic mass is 32.2. The molecule has 108 valence electrons. The lowest BCUT2D eigenvalue weighted by Gasteiger charge is -2.25. The van der Waals surface area contributed by atoms with Crippen LogP contribution in [-0.4, -0.2) is 56.9 Å². The van der Waals surface area contributed by atoms with Crippen LogP contribution in [0.25, 0.3) is 0 Å². The molecule has 0 spiro atoms. The molecule has 1 fully saturated rings. The summed E-state index contributed by atoms with van der Waals surface area (Å²) in [6.07, 6.45) is 4.52. The van der Waals surface area contributed by atoms with E-state index in [0.29, 0.717) is 6.54 Å². The van der Waals surface area contributed by atoms with Crippen molar-refractivity contribution in [1.82, 2.24) is 9.62 Å². The normalized spacial score (nSPS) is 21.4. The van der Waals surface area contributed by atoms with Crippen molar-refractivity contribution in [2.75, 3.05) is 39.0 Å². The molecule has 1 unspecified atom stereocenters. The number of hydrogen-bond acceptors (Lipinski definition) is 4. The average molecular weight is 278 g/mol. The van der Waals surface area contributed by atoms with Gasteiger partial charge in [0.2, 0.25) is 10.0 Å². The van der Waals surface area contributed by atoms with E-state index >= 15 is 0 Å². The van der Waals surface area contributed by atoms with Crippen molar-refractivity contribution < 1.29 is 13.5 Å². The zero-order valence-corrected chi connectivity index (χ0v) is 12.1. The Morgan fingerprint density at radius 2 is 2.11 bits per heavy atom. The first-order valence-corrected chi connectivity index (χ1v) is 8.43. The molecule has 1 rings (SSSR count). The van der Waals surface area contributed by atoms with Crippen LogP contribution in [0.2, 0.25) is 0 Å². The third-order valence-electron chi connectivity index (χ3n) is 3.45. The van der Waals surface area contributed by atoms with Crippen LogP contribution in [0.3, 0.4) is 0 Å². The molecular formula is C12H26N2O3S. The molecular weight excluding hydrogens is 252 g/mol. The average Bonchev–Trinajstić information content (AvgIpc) is 2.35. The lowest BCUT2D eigenvalue weighted by atomic mass is 10.0. The number of sulfonamides is 1. The zero-order chi connectivity index (χ0) is 13.4. The summed E-state index contributed by atoms with van der Waals surface area (Å²) in [5.41, 5.74) is 0. The topological polar surface area (TPSA) is 69.6 Å². The first-order valence-electron chi connectivity index (χ1n) is 6.82. The molecule has 0 aliphatic carbocycles. The Kier molecular flexibility index (Phi) is 7.14. The predicted octanol–water partition coefficient (Wildman–Crippen LogP) is 0.410. The summed E-state index contributed by atoms with van der Waals surface area (Å²) in [6.45, 7) is 2.57. The van der Waals surface area contributed by atoms with Crippen LogP contribution in [0.4, 0.5) is 0 Å². The van der Waals surface area contributed by atoms with Crippen LogP contribution >= 0.6 is 0 Å². The van der Waals surface area contributed by atoms with Crippen molar-refractivity contribution >= 4 is 10.0 Å². The van der Waals surface area contributed by atoms with E-state index in [1.165, 1.54) is 4.31 Å². The molecule has 0 radical (unpaired) electrons. The number of hydrogen-bond donors (Lipinski definition) is 2. The summed E-state index contributed by atoms with van der Waals surface area (Å²) < 4.78 is 25.7. The fourth-order valence-electron chi connectivity index (χ4n) is 2.25. The molecule has 1 saturated heterocycles. The molecule has 1 heterocycles. The van der Waals surface area contributed by atoms with Gasteiger partial charge in [-0.1, -0.05) is 0 Å². The van der Waals surface area contributed by atoms with Gasteiger partial charge in [0, 0.05) is 20.2 Å². The van der Waals surface area contributed by atoms with Gasteiger partial charge in [-0.2, -0.15) is 0 Å². The first kappa shape index (κ1) is 15.9. The molecule has 1 aliphatic heterocycles. The van der Waals surface area contributed by atoms with E-state index in [2.05, 4.69) is 5.32 Å². The number of aliphatic hydroxyl groups is 1. The molecule has 0 aromatic rings. The maximum atomic E-state index is 12.1. The molecule has 0 bridgehead atoms. The van der Waals surface area contributed by atoms with Crippen LogP contribution in [0, 0.1) is 5.92 Å². The Hall–Kier alpha value is -0.170. The Labute approximate surface area is 111 Å². The van der Waals surface area contributed by atoms with E-state index in [4.69, 9.17) is 5.11 Å². The van der Waals surface area contributed by atoms with E-state index in [9.17, 15) is 8.42 Å². The van der Waals surface area contributed by atoms with E-state index in [1.807, 2.05) is 0 Å². The quantitative estimate of drug-likeness (QED) is 0.631. The minimum absolute atomic E-state index is 0.185. The van der Waals surface area contributed by atoms with Crippen LogP contribution in [-0.2, 0) is 10.0 Å². The van der Waals surface area contributed by atoms with Crippen LogP contribution in [0.1, 0.15) is 32.1 Å². The van der Waals surface area contributed by atoms with Gasteiger partial charge >= 0.3 is 0 Å². The summed E-state index contributed by atoms with van der Waals surface area (Å²) in [5, 5.41) is 11.9. The fourth-order valence-corrected chi connectivity index (χ4v) is 3.80. The maximum absolute atomic E-state index is 12.1. The fraction of sp³-hybridized carbons (Fsp3) is 1.00. The van der Waals surface area contributed by atoms with Crippen molar-refractivity contribution in [3.8, 4) is 0 Å². The number of nitrogens with one attached hydrogen (secondary N) is 1. The van der Waals surface area contributed by atoms with Gasteiger partial charge in [-0.05, 0) is 51.1 Å². The molecule has 1 atom stereocenters. The van der Waals surface area contributed by atoms with Crippen molar-refractivity contribution in [3.05, 3.63) is 0 Å². The lowest BCUT2D eigenvalue weighted by Crippen LogP contribution is -2.38. The second kappa shape index (κ2) is 8.09. The van der Waals surface area contributed by atoms with Gasteiger partial charge in [-0.25, -0.2) is 12.7 Å². The summed E-state index contributed by atoms with van der Waals surface area (Å²) in [7, 11) is -1.46. The summed E-state index contributed by atoms with van der Waals surface area (Å²) in [6, 6.07) is 0. The Morgan fingerprint density at radius 1 is 1.33 bits per heavy atom. The highest BCUT2D eigenvalue weighted by Gasteiger charge is 2.24. The van der Waals surface area contributed by atoms with Gasteiger partial charge in [0.15, 0.2) is 0 Å². The second-order valence-electron chi connectivity index (χ2n) is 5.10. The van der Waals surface area contributed by atoms with Gasteiger partial charge in [0.25, 0.3) is 0 Å². The largest absolute Gasteiger partial charge is 0.396 e. The molecule has 6 heteroatoms. The van der Waals surface area contributed by atoms with E-state index in [-0.39, 0.29) is 18.3 Å². The van der Waals surface area contributed by atoms with Crippen LogP contribution in [0.15, 0.2) is 0 Å². The van der Waals surface area contributed by atoms with Crippen molar-refractivity contribution in [3.63, 3.8) is 0 Å². The zero-order valence-electron chi connectivity index (χ0n) is 11.3. The maximum Gasteiger partial charge on any atom is 0.214 e. The molecule has 2 N–H and O–H groups in total. The van der Waals surface area contributed by atoms with Crippen LogP contribution in [0.5, 0.6) is 0 Å². The third-order valence-corrected chi connectivity index (χ3v) is 5.48. The SMILES string of the molecule is CN(CCCCCO)S(=O)(=O)CC1CCCNC1. The highest BCUT2D eigenvalue weighted by molar-refractivity contribution is 7.89. The summed E-state index contributed by atoms with van der Waals surface area (Å²) in [5.74, 6) is 0.514. The van der Waals surface area contributed by atoms with Crippen LogP contribution < -0.4 is 5.32 Å². The van der Waals surface area contributed by atoms with Crippen molar-refractivity contribution in [1.29, 1.82) is 0 Å². The number of rotatable bonds is 8. The number of nitrogens with zero attached hydrogens (tertiary/aromatic N) is 1. The van der Waals surface area contributed by atoms with Gasteiger partial charge in [-0.15, -0.1) is 0 Å². The molecule has 0 amide bonds. The van der Waals surface area contributed by atoms with Crippen molar-refractivity contribution in [2.24, 2.45) is 5.92 Å². The van der Waals surface area contributed by atoms with Crippen molar-refractivity contribution in [2.45, 2.75) is 32.1 Å². The smallest absolute Gasteiger partial charge is 0.214 e. The van der Waals surface area contributed by atoms with Gasteiger partial charge in [0.1, 0.15) is 0 Å². The minimum atomic E-state index is -3.12. The monoisotopic (exact) mass is 278 g/mol.